The SMILES string of the molecule is C=C(Cl)CC(C(=O)OC)=C(C)N1CCC(CNCOCC2(NC(=O)C3=CNC=NC3)CC2)CC1. The minimum absolute atomic E-state index is 0.0831. The first kappa shape index (κ1) is 26.2. The Morgan fingerprint density at radius 1 is 1.35 bits per heavy atom. The number of hydrogen-bond donors (Lipinski definition) is 3. The Labute approximate surface area is 206 Å². The number of carbonyl (C=O) groups excluding carboxylic acids is 2. The zero-order valence-corrected chi connectivity index (χ0v) is 20.9. The van der Waals surface area contributed by atoms with Crippen molar-refractivity contribution in [3.8, 4) is 0 Å². The van der Waals surface area contributed by atoms with Crippen LogP contribution in [-0.4, -0.2) is 75.3 Å². The monoisotopic (exact) mass is 493 g/mol. The van der Waals surface area contributed by atoms with E-state index in [-0.39, 0.29) is 17.4 Å². The molecular formula is C24H36ClN5O4. The van der Waals surface area contributed by atoms with Crippen LogP contribution in [0, 0.1) is 5.92 Å². The summed E-state index contributed by atoms with van der Waals surface area (Å²) >= 11 is 5.95. The highest BCUT2D eigenvalue weighted by atomic mass is 35.5. The second-order valence-corrected chi connectivity index (χ2v) is 9.70. The molecule has 0 aromatic rings. The number of nitrogens with one attached hydrogen (secondary N) is 3. The maximum absolute atomic E-state index is 12.4. The van der Waals surface area contributed by atoms with Crippen LogP contribution in [0.25, 0.3) is 0 Å². The number of likely N-dealkylation sites (tertiary alicyclic amines) is 1. The molecule has 2 fully saturated rings. The van der Waals surface area contributed by atoms with Crippen LogP contribution in [0.3, 0.4) is 0 Å². The molecule has 0 atom stereocenters. The molecular weight excluding hydrogens is 458 g/mol. The van der Waals surface area contributed by atoms with E-state index in [4.69, 9.17) is 21.1 Å². The molecule has 0 radical (unpaired) electrons. The first-order valence-corrected chi connectivity index (χ1v) is 12.1. The fourth-order valence-corrected chi connectivity index (χ4v) is 4.34. The highest BCUT2D eigenvalue weighted by Gasteiger charge is 2.44. The minimum atomic E-state index is -0.356. The maximum Gasteiger partial charge on any atom is 0.335 e. The van der Waals surface area contributed by atoms with Crippen LogP contribution in [0.15, 0.2) is 39.6 Å². The van der Waals surface area contributed by atoms with Crippen LogP contribution in [0.4, 0.5) is 0 Å². The zero-order valence-electron chi connectivity index (χ0n) is 20.1. The Morgan fingerprint density at radius 2 is 2.09 bits per heavy atom. The van der Waals surface area contributed by atoms with Crippen LogP contribution in [0.2, 0.25) is 0 Å². The Kier molecular flexibility index (Phi) is 9.55. The zero-order chi connectivity index (χ0) is 24.6. The number of rotatable bonds is 12. The number of aliphatic imine (C=N–C) groups is 1. The van der Waals surface area contributed by atoms with Crippen molar-refractivity contribution in [3.05, 3.63) is 34.7 Å². The molecule has 0 spiro atoms. The summed E-state index contributed by atoms with van der Waals surface area (Å²) in [6.45, 7) is 9.62. The van der Waals surface area contributed by atoms with Crippen LogP contribution >= 0.6 is 11.6 Å². The van der Waals surface area contributed by atoms with Gasteiger partial charge in [-0.05, 0) is 38.5 Å². The Morgan fingerprint density at radius 3 is 2.68 bits per heavy atom. The number of allylic oxidation sites excluding steroid dienone is 2. The normalized spacial score (nSPS) is 20.1. The lowest BCUT2D eigenvalue weighted by Gasteiger charge is -2.35. The average Bonchev–Trinajstić information content (AvgIpc) is 3.61. The van der Waals surface area contributed by atoms with Gasteiger partial charge in [0, 0.05) is 43.0 Å². The van der Waals surface area contributed by atoms with Gasteiger partial charge in [0.1, 0.15) is 0 Å². The molecule has 188 valence electrons. The van der Waals surface area contributed by atoms with Gasteiger partial charge in [-0.3, -0.25) is 15.1 Å². The molecule has 3 aliphatic rings. The van der Waals surface area contributed by atoms with Crippen LogP contribution < -0.4 is 16.0 Å². The summed E-state index contributed by atoms with van der Waals surface area (Å²) < 4.78 is 10.7. The highest BCUT2D eigenvalue weighted by molar-refractivity contribution is 6.29. The van der Waals surface area contributed by atoms with Gasteiger partial charge in [-0.15, -0.1) is 0 Å². The summed E-state index contributed by atoms with van der Waals surface area (Å²) in [4.78, 5) is 30.8. The number of esters is 1. The molecule has 9 nitrogen and oxygen atoms in total. The van der Waals surface area contributed by atoms with E-state index < -0.39 is 0 Å². The highest BCUT2D eigenvalue weighted by Crippen LogP contribution is 2.35. The number of piperidine rings is 1. The molecule has 3 N–H and O–H groups in total. The number of methoxy groups -OCH3 is 1. The summed E-state index contributed by atoms with van der Waals surface area (Å²) in [5, 5.41) is 9.75. The largest absolute Gasteiger partial charge is 0.466 e. The second-order valence-electron chi connectivity index (χ2n) is 9.17. The number of ether oxygens (including phenoxy) is 2. The lowest BCUT2D eigenvalue weighted by Crippen LogP contribution is -2.43. The summed E-state index contributed by atoms with van der Waals surface area (Å²) in [5.41, 5.74) is 1.86. The molecule has 0 aromatic carbocycles. The molecule has 0 unspecified atom stereocenters. The minimum Gasteiger partial charge on any atom is -0.466 e. The average molecular weight is 494 g/mol. The van der Waals surface area contributed by atoms with Crippen molar-refractivity contribution in [2.75, 3.05) is 46.6 Å². The molecule has 10 heteroatoms. The van der Waals surface area contributed by atoms with Gasteiger partial charge in [0.05, 0.1) is 50.0 Å². The molecule has 0 bridgehead atoms. The smallest absolute Gasteiger partial charge is 0.335 e. The summed E-state index contributed by atoms with van der Waals surface area (Å²) in [5.74, 6) is 0.101. The van der Waals surface area contributed by atoms with Gasteiger partial charge in [0.2, 0.25) is 0 Å². The maximum atomic E-state index is 12.4. The van der Waals surface area contributed by atoms with Gasteiger partial charge in [0.25, 0.3) is 5.91 Å². The third-order valence-electron chi connectivity index (χ3n) is 6.55. The molecule has 0 aromatic heterocycles. The quantitative estimate of drug-likeness (QED) is 0.165. The molecule has 3 rings (SSSR count). The van der Waals surface area contributed by atoms with E-state index in [0.717, 1.165) is 51.0 Å². The molecule has 2 heterocycles. The Hall–Kier alpha value is -2.36. The van der Waals surface area contributed by atoms with Crippen molar-refractivity contribution < 1.29 is 19.1 Å². The van der Waals surface area contributed by atoms with Crippen molar-refractivity contribution in [2.45, 2.75) is 44.6 Å². The van der Waals surface area contributed by atoms with Crippen LogP contribution in [0.5, 0.6) is 0 Å². The van der Waals surface area contributed by atoms with Gasteiger partial charge >= 0.3 is 5.97 Å². The third kappa shape index (κ3) is 7.58. The number of hydrogen-bond acceptors (Lipinski definition) is 8. The first-order valence-electron chi connectivity index (χ1n) is 11.7. The summed E-state index contributed by atoms with van der Waals surface area (Å²) in [6, 6.07) is 0. The predicted octanol–water partition coefficient (Wildman–Crippen LogP) is 2.02. The predicted molar refractivity (Wildman–Crippen MR) is 132 cm³/mol. The molecule has 1 amide bonds. The van der Waals surface area contributed by atoms with E-state index in [1.165, 1.54) is 7.11 Å². The summed E-state index contributed by atoms with van der Waals surface area (Å²) in [7, 11) is 1.38. The number of nitrogens with zero attached hydrogens (tertiary/aromatic N) is 2. The third-order valence-corrected chi connectivity index (χ3v) is 6.68. The van der Waals surface area contributed by atoms with Gasteiger partial charge < -0.3 is 25.0 Å². The van der Waals surface area contributed by atoms with E-state index in [1.54, 1.807) is 12.5 Å². The molecule has 1 aliphatic carbocycles. The van der Waals surface area contributed by atoms with E-state index in [1.807, 2.05) is 6.92 Å². The van der Waals surface area contributed by atoms with Crippen molar-refractivity contribution >= 4 is 29.8 Å². The fourth-order valence-electron chi connectivity index (χ4n) is 4.20. The Balaban J connectivity index is 1.34. The van der Waals surface area contributed by atoms with E-state index >= 15 is 0 Å². The van der Waals surface area contributed by atoms with Gasteiger partial charge in [0.15, 0.2) is 0 Å². The van der Waals surface area contributed by atoms with E-state index in [0.29, 0.717) is 48.4 Å². The topological polar surface area (TPSA) is 104 Å². The number of halogens is 1. The summed E-state index contributed by atoms with van der Waals surface area (Å²) in [6.07, 6.45) is 7.48. The van der Waals surface area contributed by atoms with Crippen molar-refractivity contribution in [1.29, 1.82) is 0 Å². The lowest BCUT2D eigenvalue weighted by molar-refractivity contribution is -0.136. The van der Waals surface area contributed by atoms with Crippen molar-refractivity contribution in [2.24, 2.45) is 10.9 Å². The number of carbonyl (C=O) groups is 2. The standard InChI is InChI=1S/C24H36ClN5O4/c1-17(25)10-21(23(32)33-3)18(2)30-8-4-19(5-9-30)11-28-16-34-14-24(6-7-24)29-22(31)20-12-26-15-27-13-20/h12,15,19,28H,1,4-11,13-14,16H2,2-3H3,(H,26,27)(H,29,31). The lowest BCUT2D eigenvalue weighted by atomic mass is 9.96. The van der Waals surface area contributed by atoms with Crippen LogP contribution in [-0.2, 0) is 19.1 Å². The van der Waals surface area contributed by atoms with E-state index in [2.05, 4.69) is 32.4 Å². The molecule has 1 saturated carbocycles. The first-order chi connectivity index (χ1) is 16.3. The van der Waals surface area contributed by atoms with Gasteiger partial charge in [-0.25, -0.2) is 4.79 Å². The van der Waals surface area contributed by atoms with Gasteiger partial charge in [-0.2, -0.15) is 0 Å². The van der Waals surface area contributed by atoms with Crippen molar-refractivity contribution in [1.82, 2.24) is 20.9 Å². The molecule has 1 saturated heterocycles. The second kappa shape index (κ2) is 12.4. The van der Waals surface area contributed by atoms with Crippen molar-refractivity contribution in [3.63, 3.8) is 0 Å². The molecule has 2 aliphatic heterocycles. The van der Waals surface area contributed by atoms with Crippen LogP contribution in [0.1, 0.15) is 39.0 Å². The Bertz CT molecular complexity index is 857. The fraction of sp³-hybridized carbons (Fsp3) is 0.625. The molecule has 34 heavy (non-hydrogen) atoms. The number of amides is 1. The van der Waals surface area contributed by atoms with E-state index in [9.17, 15) is 9.59 Å². The van der Waals surface area contributed by atoms with Gasteiger partial charge in [-0.1, -0.05) is 18.2 Å².